The first kappa shape index (κ1) is 26.1. The number of nitriles is 1. The van der Waals surface area contributed by atoms with Gasteiger partial charge in [0.1, 0.15) is 29.1 Å². The Labute approximate surface area is 230 Å². The molecule has 0 saturated heterocycles. The molecule has 3 N–H and O–H groups in total. The van der Waals surface area contributed by atoms with E-state index in [-0.39, 0.29) is 28.9 Å². The minimum Gasteiger partial charge on any atom is -0.505 e. The van der Waals surface area contributed by atoms with E-state index in [0.717, 1.165) is 0 Å². The second-order valence-electron chi connectivity index (χ2n) is 8.81. The fourth-order valence-corrected chi connectivity index (χ4v) is 4.27. The van der Waals surface area contributed by atoms with Gasteiger partial charge in [0.05, 0.1) is 31.4 Å². The molecular formula is C29H25N7O4. The first-order valence-electron chi connectivity index (χ1n) is 12.3. The molecule has 0 fully saturated rings. The van der Waals surface area contributed by atoms with Gasteiger partial charge in [-0.2, -0.15) is 5.26 Å². The Balaban J connectivity index is 1.60. The van der Waals surface area contributed by atoms with Gasteiger partial charge in [0.15, 0.2) is 11.6 Å². The first-order chi connectivity index (χ1) is 19.4. The van der Waals surface area contributed by atoms with Crippen molar-refractivity contribution in [1.82, 2.24) is 10.4 Å². The van der Waals surface area contributed by atoms with E-state index in [2.05, 4.69) is 32.0 Å². The average molecular weight is 536 g/mol. The van der Waals surface area contributed by atoms with Crippen molar-refractivity contribution in [2.24, 2.45) is 10.2 Å². The molecule has 1 unspecified atom stereocenters. The largest absolute Gasteiger partial charge is 0.505 e. The summed E-state index contributed by atoms with van der Waals surface area (Å²) < 4.78 is 10.5. The van der Waals surface area contributed by atoms with Crippen LogP contribution in [0.2, 0.25) is 0 Å². The molecular weight excluding hydrogens is 510 g/mol. The monoisotopic (exact) mass is 535 g/mol. The molecule has 2 heterocycles. The predicted octanol–water partition coefficient (Wildman–Crippen LogP) is 5.44. The number of azo groups is 1. The summed E-state index contributed by atoms with van der Waals surface area (Å²) in [7, 11) is 3.09. The maximum Gasteiger partial charge on any atom is 0.259 e. The number of hydrogen-bond donors (Lipinski definition) is 3. The number of fused-ring (bicyclic) bond motifs is 1. The summed E-state index contributed by atoms with van der Waals surface area (Å²) in [5.74, 6) is 1.03. The Kier molecular flexibility index (Phi) is 7.26. The van der Waals surface area contributed by atoms with Gasteiger partial charge in [-0.25, -0.2) is 15.4 Å². The number of ether oxygens (including phenoxy) is 2. The third-order valence-corrected chi connectivity index (χ3v) is 6.34. The van der Waals surface area contributed by atoms with Gasteiger partial charge in [0.2, 0.25) is 0 Å². The Morgan fingerprint density at radius 2 is 1.82 bits per heavy atom. The zero-order chi connectivity index (χ0) is 28.2. The lowest BCUT2D eigenvalue weighted by atomic mass is 10.0. The molecule has 0 saturated carbocycles. The van der Waals surface area contributed by atoms with Crippen LogP contribution in [-0.4, -0.2) is 36.3 Å². The minimum absolute atomic E-state index is 0.0143. The van der Waals surface area contributed by atoms with Crippen molar-refractivity contribution in [2.45, 2.75) is 13.0 Å². The molecule has 0 bridgehead atoms. The Morgan fingerprint density at radius 3 is 2.50 bits per heavy atom. The van der Waals surface area contributed by atoms with Crippen molar-refractivity contribution in [3.05, 3.63) is 89.9 Å². The number of amides is 1. The number of carbonyl (C=O) groups is 1. The summed E-state index contributed by atoms with van der Waals surface area (Å²) in [4.78, 5) is 17.6. The highest BCUT2D eigenvalue weighted by Gasteiger charge is 2.31. The molecule has 1 amide bonds. The van der Waals surface area contributed by atoms with Crippen LogP contribution >= 0.6 is 0 Å². The van der Waals surface area contributed by atoms with Gasteiger partial charge in [-0.1, -0.05) is 6.07 Å². The number of rotatable bonds is 7. The number of hydrogen-bond acceptors (Lipinski definition) is 10. The maximum absolute atomic E-state index is 13.3. The Morgan fingerprint density at radius 1 is 1.07 bits per heavy atom. The molecule has 0 radical (unpaired) electrons. The molecule has 1 aliphatic heterocycles. The topological polar surface area (TPSA) is 144 Å². The van der Waals surface area contributed by atoms with Gasteiger partial charge in [-0.05, 0) is 73.0 Å². The number of anilines is 2. The SMILES string of the molecule is COc1ccc(NC(=O)c2cc3cc(OC)ccc3c(N=NC3=C(C#N)C(C)NN3c3ccccn3)c2O)cc1. The van der Waals surface area contributed by atoms with Crippen LogP contribution in [0.1, 0.15) is 17.3 Å². The molecule has 11 heteroatoms. The standard InChI is InChI=1S/C29H25N7O4/c1-17-24(16-30)28(36(35-17)25-6-4-5-13-31-25)34-33-26-22-12-11-21(40-3)14-18(22)15-23(27(26)37)29(38)32-19-7-9-20(39-2)10-8-19/h4-15,17,35,37H,1-3H3,(H,32,38). The number of pyridine rings is 1. The zero-order valence-electron chi connectivity index (χ0n) is 21.9. The molecule has 11 nitrogen and oxygen atoms in total. The molecule has 1 atom stereocenters. The predicted molar refractivity (Wildman–Crippen MR) is 150 cm³/mol. The van der Waals surface area contributed by atoms with Gasteiger partial charge in [-0.15, -0.1) is 10.2 Å². The van der Waals surface area contributed by atoms with Crippen LogP contribution in [0.4, 0.5) is 17.2 Å². The summed E-state index contributed by atoms with van der Waals surface area (Å²) in [5.41, 5.74) is 4.06. The highest BCUT2D eigenvalue weighted by Crippen LogP contribution is 2.41. The number of aromatic nitrogens is 1. The van der Waals surface area contributed by atoms with Gasteiger partial charge in [0, 0.05) is 17.3 Å². The smallest absolute Gasteiger partial charge is 0.259 e. The highest BCUT2D eigenvalue weighted by atomic mass is 16.5. The number of phenolic OH excluding ortho intramolecular Hbond substituents is 1. The van der Waals surface area contributed by atoms with Crippen LogP contribution in [0, 0.1) is 11.3 Å². The highest BCUT2D eigenvalue weighted by molar-refractivity contribution is 6.11. The van der Waals surface area contributed by atoms with Gasteiger partial charge < -0.3 is 19.9 Å². The van der Waals surface area contributed by atoms with E-state index < -0.39 is 5.91 Å². The number of aromatic hydroxyl groups is 1. The zero-order valence-corrected chi connectivity index (χ0v) is 21.9. The second-order valence-corrected chi connectivity index (χ2v) is 8.81. The molecule has 200 valence electrons. The number of nitrogens with one attached hydrogen (secondary N) is 2. The van der Waals surface area contributed by atoms with E-state index in [1.807, 2.05) is 13.0 Å². The van der Waals surface area contributed by atoms with E-state index >= 15 is 0 Å². The van der Waals surface area contributed by atoms with Gasteiger partial charge in [0.25, 0.3) is 5.91 Å². The summed E-state index contributed by atoms with van der Waals surface area (Å²) in [6.45, 7) is 1.82. The minimum atomic E-state index is -0.549. The van der Waals surface area contributed by atoms with Crippen LogP contribution < -0.4 is 25.2 Å². The summed E-state index contributed by atoms with van der Waals surface area (Å²) in [5, 5.41) is 35.3. The van der Waals surface area contributed by atoms with Crippen LogP contribution in [-0.2, 0) is 0 Å². The fraction of sp³-hybridized carbons (Fsp3) is 0.138. The van der Waals surface area contributed by atoms with E-state index in [9.17, 15) is 15.2 Å². The normalized spacial score (nSPS) is 14.9. The first-order valence-corrected chi connectivity index (χ1v) is 12.3. The van der Waals surface area contributed by atoms with E-state index in [4.69, 9.17) is 9.47 Å². The van der Waals surface area contributed by atoms with Crippen molar-refractivity contribution in [3.8, 4) is 23.3 Å². The quantitative estimate of drug-likeness (QED) is 0.265. The number of hydrazine groups is 1. The maximum atomic E-state index is 13.3. The van der Waals surface area contributed by atoms with Crippen LogP contribution in [0.5, 0.6) is 17.2 Å². The number of methoxy groups -OCH3 is 2. The average Bonchev–Trinajstić information content (AvgIpc) is 3.31. The third-order valence-electron chi connectivity index (χ3n) is 6.34. The van der Waals surface area contributed by atoms with E-state index in [1.54, 1.807) is 79.0 Å². The lowest BCUT2D eigenvalue weighted by molar-refractivity contribution is 0.102. The van der Waals surface area contributed by atoms with Crippen LogP contribution in [0.15, 0.2) is 94.5 Å². The van der Waals surface area contributed by atoms with E-state index in [1.165, 1.54) is 7.11 Å². The van der Waals surface area contributed by atoms with Crippen LogP contribution in [0.3, 0.4) is 0 Å². The third kappa shape index (κ3) is 4.99. The van der Waals surface area contributed by atoms with Crippen molar-refractivity contribution >= 4 is 33.9 Å². The van der Waals surface area contributed by atoms with Crippen molar-refractivity contribution in [3.63, 3.8) is 0 Å². The Bertz CT molecular complexity index is 1680. The molecule has 0 spiro atoms. The second kappa shape index (κ2) is 11.1. The summed E-state index contributed by atoms with van der Waals surface area (Å²) >= 11 is 0. The number of nitrogens with zero attached hydrogens (tertiary/aromatic N) is 5. The van der Waals surface area contributed by atoms with Crippen LogP contribution in [0.25, 0.3) is 10.8 Å². The van der Waals surface area contributed by atoms with Crippen molar-refractivity contribution in [1.29, 1.82) is 5.26 Å². The number of carbonyl (C=O) groups excluding carboxylic acids is 1. The lowest BCUT2D eigenvalue weighted by Gasteiger charge is -2.18. The number of phenols is 1. The molecule has 4 aromatic rings. The Hall–Kier alpha value is -5.47. The molecule has 0 aliphatic carbocycles. The molecule has 40 heavy (non-hydrogen) atoms. The lowest BCUT2D eigenvalue weighted by Crippen LogP contribution is -2.36. The van der Waals surface area contributed by atoms with Gasteiger partial charge in [-0.3, -0.25) is 4.79 Å². The molecule has 1 aromatic heterocycles. The van der Waals surface area contributed by atoms with Crippen molar-refractivity contribution in [2.75, 3.05) is 24.5 Å². The number of benzene rings is 3. The molecule has 1 aliphatic rings. The summed E-state index contributed by atoms with van der Waals surface area (Å²) in [6.07, 6.45) is 1.62. The fourth-order valence-electron chi connectivity index (χ4n) is 4.27. The van der Waals surface area contributed by atoms with Gasteiger partial charge >= 0.3 is 0 Å². The molecule has 5 rings (SSSR count). The van der Waals surface area contributed by atoms with E-state index in [0.29, 0.717) is 39.3 Å². The molecule has 3 aromatic carbocycles. The summed E-state index contributed by atoms with van der Waals surface area (Å²) in [6, 6.07) is 20.7. The van der Waals surface area contributed by atoms with Crippen molar-refractivity contribution < 1.29 is 19.4 Å².